The van der Waals surface area contributed by atoms with E-state index < -0.39 is 30.1 Å². The summed E-state index contributed by atoms with van der Waals surface area (Å²) in [6.45, 7) is 13.0. The van der Waals surface area contributed by atoms with Crippen molar-refractivity contribution in [2.75, 3.05) is 46.8 Å². The van der Waals surface area contributed by atoms with Crippen LogP contribution < -0.4 is 25.6 Å². The van der Waals surface area contributed by atoms with E-state index in [0.29, 0.717) is 28.7 Å². The molecule has 2 aromatic carbocycles. The Hall–Kier alpha value is -4.20. The number of para-hydroxylation sites is 1. The molecule has 1 saturated carbocycles. The predicted octanol–water partition coefficient (Wildman–Crippen LogP) is 4.16. The summed E-state index contributed by atoms with van der Waals surface area (Å²) in [6, 6.07) is 10.3. The molecule has 13 nitrogen and oxygen atoms in total. The fraction of sp³-hybridized carbons (Fsp3) is 0.610. The number of rotatable bonds is 14. The molecule has 298 valence electrons. The van der Waals surface area contributed by atoms with Crippen molar-refractivity contribution in [2.24, 2.45) is 29.1 Å². The van der Waals surface area contributed by atoms with Gasteiger partial charge < -0.3 is 35.4 Å². The van der Waals surface area contributed by atoms with Crippen LogP contribution in [0.3, 0.4) is 0 Å². The van der Waals surface area contributed by atoms with Gasteiger partial charge in [0.1, 0.15) is 17.9 Å². The highest BCUT2D eigenvalue weighted by Crippen LogP contribution is 2.47. The van der Waals surface area contributed by atoms with Gasteiger partial charge in [-0.2, -0.15) is 5.06 Å². The van der Waals surface area contributed by atoms with Gasteiger partial charge >= 0.3 is 5.97 Å². The molecule has 4 N–H and O–H groups in total. The number of esters is 1. The van der Waals surface area contributed by atoms with Gasteiger partial charge in [0.2, 0.25) is 11.8 Å². The normalized spacial score (nSPS) is 25.7. The summed E-state index contributed by atoms with van der Waals surface area (Å²) in [5.74, 6) is -0.597. The van der Waals surface area contributed by atoms with Gasteiger partial charge in [0, 0.05) is 68.4 Å². The number of ether oxygens (including phenoxy) is 2. The van der Waals surface area contributed by atoms with Crippen LogP contribution in [-0.4, -0.2) is 100 Å². The van der Waals surface area contributed by atoms with E-state index in [1.54, 1.807) is 26.1 Å². The predicted molar refractivity (Wildman–Crippen MR) is 208 cm³/mol. The number of amides is 3. The lowest BCUT2D eigenvalue weighted by molar-refractivity contribution is -0.176. The number of benzene rings is 2. The van der Waals surface area contributed by atoms with Gasteiger partial charge in [-0.05, 0) is 60.3 Å². The standard InChI is InChI=1S/C41H61N5O8/c1-23-17-32(24(2)25(3)41(23,5)6)44-40(51)37-36(26(4)47)33(21-43-34(48)15-16-35(49)52-10)54-46(37)22-27-13-12-14-31(38(27)53-11)28-18-29(39(50)42-7)20-30(19-28)45(8)9/h12-14,18-20,23-26,32-33,36-37,47H,15-17,21-22H2,1-11H3,(H,42,50)(H,43,48)(H,44,51)/t23-,24+,25+,26+,32+,33+,36-,37+/m1/s1. The second-order valence-electron chi connectivity index (χ2n) is 15.8. The molecule has 0 spiro atoms. The summed E-state index contributed by atoms with van der Waals surface area (Å²) < 4.78 is 10.7. The van der Waals surface area contributed by atoms with Crippen molar-refractivity contribution in [3.8, 4) is 16.9 Å². The van der Waals surface area contributed by atoms with Crippen LogP contribution in [0.4, 0.5) is 5.69 Å². The average molecular weight is 752 g/mol. The minimum absolute atomic E-state index is 0.00864. The molecule has 0 radical (unpaired) electrons. The highest BCUT2D eigenvalue weighted by Gasteiger charge is 2.51. The van der Waals surface area contributed by atoms with Crippen molar-refractivity contribution in [1.29, 1.82) is 0 Å². The van der Waals surface area contributed by atoms with Gasteiger partial charge in [0.25, 0.3) is 5.91 Å². The first-order chi connectivity index (χ1) is 25.4. The zero-order chi connectivity index (χ0) is 40.1. The zero-order valence-corrected chi connectivity index (χ0v) is 33.8. The molecule has 1 aliphatic heterocycles. The largest absolute Gasteiger partial charge is 0.496 e. The molecule has 3 amide bonds. The number of methoxy groups -OCH3 is 2. The molecule has 2 aliphatic rings. The van der Waals surface area contributed by atoms with Crippen molar-refractivity contribution in [3.63, 3.8) is 0 Å². The Morgan fingerprint density at radius 1 is 1.07 bits per heavy atom. The van der Waals surface area contributed by atoms with Crippen molar-refractivity contribution in [2.45, 2.75) is 91.6 Å². The number of nitrogens with zero attached hydrogens (tertiary/aromatic N) is 2. The van der Waals surface area contributed by atoms with Crippen LogP contribution in [0, 0.1) is 29.1 Å². The summed E-state index contributed by atoms with van der Waals surface area (Å²) in [4.78, 5) is 60.1. The molecule has 13 heteroatoms. The minimum Gasteiger partial charge on any atom is -0.496 e. The van der Waals surface area contributed by atoms with E-state index in [9.17, 15) is 24.3 Å². The fourth-order valence-electron chi connectivity index (χ4n) is 7.99. The second kappa shape index (κ2) is 18.0. The molecule has 1 saturated heterocycles. The zero-order valence-electron chi connectivity index (χ0n) is 33.8. The van der Waals surface area contributed by atoms with Gasteiger partial charge in [-0.25, -0.2) is 0 Å². The third kappa shape index (κ3) is 9.35. The first-order valence-corrected chi connectivity index (χ1v) is 18.9. The molecular weight excluding hydrogens is 690 g/mol. The van der Waals surface area contributed by atoms with Crippen molar-refractivity contribution >= 4 is 29.4 Å². The maximum Gasteiger partial charge on any atom is 0.306 e. The topological polar surface area (TPSA) is 159 Å². The molecule has 2 aromatic rings. The summed E-state index contributed by atoms with van der Waals surface area (Å²) in [5, 5.41) is 21.7. The second-order valence-corrected chi connectivity index (χ2v) is 15.8. The molecule has 8 atom stereocenters. The average Bonchev–Trinajstić information content (AvgIpc) is 3.51. The number of carbonyl (C=O) groups excluding carboxylic acids is 4. The summed E-state index contributed by atoms with van der Waals surface area (Å²) in [6.07, 6.45) is -1.07. The highest BCUT2D eigenvalue weighted by molar-refractivity contribution is 5.97. The monoisotopic (exact) mass is 751 g/mol. The van der Waals surface area contributed by atoms with E-state index in [4.69, 9.17) is 9.57 Å². The van der Waals surface area contributed by atoms with E-state index in [1.165, 1.54) is 7.11 Å². The van der Waals surface area contributed by atoms with Crippen LogP contribution in [0.15, 0.2) is 36.4 Å². The Balaban J connectivity index is 1.72. The van der Waals surface area contributed by atoms with Crippen LogP contribution in [0.25, 0.3) is 11.1 Å². The third-order valence-corrected chi connectivity index (χ3v) is 12.1. The maximum atomic E-state index is 14.6. The quantitative estimate of drug-likeness (QED) is 0.207. The molecule has 0 unspecified atom stereocenters. The number of aliphatic hydroxyl groups excluding tert-OH is 1. The Bertz CT molecular complexity index is 1660. The Morgan fingerprint density at radius 2 is 1.78 bits per heavy atom. The molecule has 2 fully saturated rings. The number of nitrogens with one attached hydrogen (secondary N) is 3. The first-order valence-electron chi connectivity index (χ1n) is 18.9. The lowest BCUT2D eigenvalue weighted by Gasteiger charge is -2.50. The van der Waals surface area contributed by atoms with Crippen LogP contribution in [-0.2, 0) is 30.5 Å². The van der Waals surface area contributed by atoms with Gasteiger partial charge in [0.05, 0.1) is 33.3 Å². The number of hydrogen-bond donors (Lipinski definition) is 4. The first kappa shape index (κ1) is 42.5. The smallest absolute Gasteiger partial charge is 0.306 e. The van der Waals surface area contributed by atoms with E-state index in [-0.39, 0.29) is 61.0 Å². The van der Waals surface area contributed by atoms with Crippen molar-refractivity contribution in [1.82, 2.24) is 21.0 Å². The molecule has 0 aromatic heterocycles. The van der Waals surface area contributed by atoms with Crippen molar-refractivity contribution in [3.05, 3.63) is 47.5 Å². The Labute approximate surface area is 320 Å². The molecule has 1 aliphatic carbocycles. The van der Waals surface area contributed by atoms with Gasteiger partial charge in [-0.1, -0.05) is 52.8 Å². The minimum atomic E-state index is -0.978. The maximum absolute atomic E-state index is 14.6. The number of aliphatic hydroxyl groups is 1. The Morgan fingerprint density at radius 3 is 2.39 bits per heavy atom. The molecule has 4 rings (SSSR count). The van der Waals surface area contributed by atoms with Crippen LogP contribution in [0.5, 0.6) is 5.75 Å². The summed E-state index contributed by atoms with van der Waals surface area (Å²) in [5.41, 5.74) is 3.65. The van der Waals surface area contributed by atoms with Gasteiger partial charge in [-0.15, -0.1) is 0 Å². The molecule has 54 heavy (non-hydrogen) atoms. The van der Waals surface area contributed by atoms with Gasteiger partial charge in [0.15, 0.2) is 0 Å². The van der Waals surface area contributed by atoms with Crippen LogP contribution in [0.1, 0.15) is 76.7 Å². The van der Waals surface area contributed by atoms with Gasteiger partial charge in [-0.3, -0.25) is 24.0 Å². The van der Waals surface area contributed by atoms with Crippen molar-refractivity contribution < 1.29 is 38.6 Å². The van der Waals surface area contributed by atoms with E-state index in [0.717, 1.165) is 23.2 Å². The van der Waals surface area contributed by atoms with Crippen LogP contribution in [0.2, 0.25) is 0 Å². The summed E-state index contributed by atoms with van der Waals surface area (Å²) >= 11 is 0. The summed E-state index contributed by atoms with van der Waals surface area (Å²) in [7, 11) is 8.24. The molecule has 1 heterocycles. The third-order valence-electron chi connectivity index (χ3n) is 12.1. The highest BCUT2D eigenvalue weighted by atomic mass is 16.7. The number of anilines is 1. The lowest BCUT2D eigenvalue weighted by Crippen LogP contribution is -2.57. The van der Waals surface area contributed by atoms with E-state index >= 15 is 0 Å². The number of hydroxylamine groups is 2. The SMILES string of the molecule is CNC(=O)c1cc(-c2cccc(CN3O[C@@H](CNC(=O)CCC(=O)OC)[C@@H]([C@H](C)O)[C@H]3C(=O)N[C@H]3C[C@@H](C)C(C)(C)[C@@H](C)[C@@H]3C)c2OC)cc(N(C)C)c1. The Kier molecular flexibility index (Phi) is 14.1. The molecular formula is C41H61N5O8. The number of carbonyl (C=O) groups is 4. The molecule has 0 bridgehead atoms. The van der Waals surface area contributed by atoms with E-state index in [1.807, 2.05) is 55.4 Å². The lowest BCUT2D eigenvalue weighted by atomic mass is 9.58. The van der Waals surface area contributed by atoms with Crippen LogP contribution >= 0.6 is 0 Å². The van der Waals surface area contributed by atoms with E-state index in [2.05, 4.69) is 55.3 Å². The number of hydrogen-bond acceptors (Lipinski definition) is 10. The fourth-order valence-corrected chi connectivity index (χ4v) is 7.99.